The molecule has 0 aliphatic carbocycles. The molecule has 0 spiro atoms. The number of thioether (sulfide) groups is 1. The summed E-state index contributed by atoms with van der Waals surface area (Å²) < 4.78 is 2.03. The first-order valence-corrected chi connectivity index (χ1v) is 10.8. The fourth-order valence-electron chi connectivity index (χ4n) is 2.81. The molecule has 1 aromatic heterocycles. The van der Waals surface area contributed by atoms with Gasteiger partial charge in [0.05, 0.1) is 0 Å². The number of benzene rings is 3. The highest BCUT2D eigenvalue weighted by atomic mass is 35.5. The van der Waals surface area contributed by atoms with Crippen LogP contribution < -0.4 is 0 Å². The molecule has 6 heteroatoms. The van der Waals surface area contributed by atoms with E-state index in [1.807, 2.05) is 95.6 Å². The fourth-order valence-corrected chi connectivity index (χ4v) is 4.18. The molecule has 0 unspecified atom stereocenters. The van der Waals surface area contributed by atoms with Gasteiger partial charge < -0.3 is 0 Å². The van der Waals surface area contributed by atoms with Crippen molar-refractivity contribution in [1.82, 2.24) is 14.8 Å². The molecule has 0 saturated carbocycles. The molecule has 4 aromatic rings. The number of aromatic nitrogens is 3. The molecule has 3 nitrogen and oxygen atoms in total. The summed E-state index contributed by atoms with van der Waals surface area (Å²) in [5, 5.41) is 11.1. The van der Waals surface area contributed by atoms with E-state index in [9.17, 15) is 0 Å². The average Bonchev–Trinajstić information content (AvgIpc) is 3.16. The van der Waals surface area contributed by atoms with Gasteiger partial charge in [-0.05, 0) is 47.5 Å². The van der Waals surface area contributed by atoms with Crippen molar-refractivity contribution in [3.8, 4) is 5.69 Å². The Bertz CT molecular complexity index is 1120. The number of hydrogen-bond acceptors (Lipinski definition) is 3. The standard InChI is InChI=1S/C23H17Cl2N3S/c24-19-11-13-20(14-12-19)28-22(15-10-17-6-2-1-3-7-17)26-27-23(28)29-16-18-8-4-5-9-21(18)25/h1-15H,16H2/b15-10+. The molecule has 0 aliphatic rings. The van der Waals surface area contributed by atoms with Gasteiger partial charge in [-0.3, -0.25) is 4.57 Å². The molecule has 0 aliphatic heterocycles. The Kier molecular flexibility index (Phi) is 6.35. The van der Waals surface area contributed by atoms with E-state index >= 15 is 0 Å². The Hall–Kier alpha value is -2.53. The molecule has 0 radical (unpaired) electrons. The summed E-state index contributed by atoms with van der Waals surface area (Å²) in [6.07, 6.45) is 4.00. The lowest BCUT2D eigenvalue weighted by molar-refractivity contribution is 0.880. The van der Waals surface area contributed by atoms with E-state index in [0.717, 1.165) is 32.8 Å². The van der Waals surface area contributed by atoms with E-state index in [1.165, 1.54) is 0 Å². The maximum Gasteiger partial charge on any atom is 0.196 e. The van der Waals surface area contributed by atoms with Crippen molar-refractivity contribution < 1.29 is 0 Å². The van der Waals surface area contributed by atoms with Crippen molar-refractivity contribution in [2.45, 2.75) is 10.9 Å². The van der Waals surface area contributed by atoms with Crippen LogP contribution >= 0.6 is 35.0 Å². The van der Waals surface area contributed by atoms with Crippen LogP contribution in [0.25, 0.3) is 17.8 Å². The largest absolute Gasteiger partial charge is 0.271 e. The van der Waals surface area contributed by atoms with Gasteiger partial charge in [-0.25, -0.2) is 0 Å². The lowest BCUT2D eigenvalue weighted by atomic mass is 10.2. The quantitative estimate of drug-likeness (QED) is 0.303. The Balaban J connectivity index is 1.67. The first kappa shape index (κ1) is 19.8. The van der Waals surface area contributed by atoms with Crippen LogP contribution in [-0.4, -0.2) is 14.8 Å². The molecule has 1 heterocycles. The van der Waals surface area contributed by atoms with Crippen molar-refractivity contribution in [2.24, 2.45) is 0 Å². The zero-order valence-corrected chi connectivity index (χ0v) is 17.7. The fraction of sp³-hybridized carbons (Fsp3) is 0.0435. The van der Waals surface area contributed by atoms with Crippen molar-refractivity contribution >= 4 is 47.1 Å². The monoisotopic (exact) mass is 437 g/mol. The van der Waals surface area contributed by atoms with E-state index in [-0.39, 0.29) is 0 Å². The van der Waals surface area contributed by atoms with Gasteiger partial charge in [0.25, 0.3) is 0 Å². The predicted molar refractivity (Wildman–Crippen MR) is 123 cm³/mol. The second kappa shape index (κ2) is 9.31. The molecule has 0 N–H and O–H groups in total. The van der Waals surface area contributed by atoms with E-state index in [1.54, 1.807) is 11.8 Å². The molecule has 29 heavy (non-hydrogen) atoms. The number of nitrogens with zero attached hydrogens (tertiary/aromatic N) is 3. The Morgan fingerprint density at radius 3 is 2.28 bits per heavy atom. The summed E-state index contributed by atoms with van der Waals surface area (Å²) in [5.41, 5.74) is 3.11. The molecule has 3 aromatic carbocycles. The van der Waals surface area contributed by atoms with E-state index in [0.29, 0.717) is 10.8 Å². The predicted octanol–water partition coefficient (Wildman–Crippen LogP) is 7.04. The third-order valence-electron chi connectivity index (χ3n) is 4.28. The number of halogens is 2. The number of hydrogen-bond donors (Lipinski definition) is 0. The minimum atomic E-state index is 0.688. The van der Waals surface area contributed by atoms with E-state index in [2.05, 4.69) is 10.2 Å². The van der Waals surface area contributed by atoms with Crippen molar-refractivity contribution in [3.63, 3.8) is 0 Å². The van der Waals surface area contributed by atoms with Crippen LogP contribution in [0.15, 0.2) is 84.0 Å². The third-order valence-corrected chi connectivity index (χ3v) is 5.88. The first-order chi connectivity index (χ1) is 14.2. The van der Waals surface area contributed by atoms with Gasteiger partial charge in [-0.15, -0.1) is 10.2 Å². The van der Waals surface area contributed by atoms with Gasteiger partial charge in [0, 0.05) is 21.5 Å². The minimum absolute atomic E-state index is 0.688. The number of rotatable bonds is 6. The second-order valence-corrected chi connectivity index (χ2v) is 8.06. The molecular formula is C23H17Cl2N3S. The summed E-state index contributed by atoms with van der Waals surface area (Å²) in [4.78, 5) is 0. The van der Waals surface area contributed by atoms with Gasteiger partial charge in [0.15, 0.2) is 11.0 Å². The minimum Gasteiger partial charge on any atom is -0.271 e. The van der Waals surface area contributed by atoms with Crippen LogP contribution in [0.1, 0.15) is 17.0 Å². The lowest BCUT2D eigenvalue weighted by Gasteiger charge is -2.09. The zero-order valence-electron chi connectivity index (χ0n) is 15.4. The van der Waals surface area contributed by atoms with Crippen molar-refractivity contribution in [3.05, 3.63) is 106 Å². The van der Waals surface area contributed by atoms with Crippen LogP contribution in [0.3, 0.4) is 0 Å². The van der Waals surface area contributed by atoms with Crippen molar-refractivity contribution in [2.75, 3.05) is 0 Å². The molecule has 0 saturated heterocycles. The van der Waals surface area contributed by atoms with Crippen LogP contribution in [-0.2, 0) is 5.75 Å². The molecular weight excluding hydrogens is 421 g/mol. The first-order valence-electron chi connectivity index (χ1n) is 9.01. The molecule has 144 valence electrons. The van der Waals surface area contributed by atoms with Gasteiger partial charge in [-0.1, -0.05) is 89.6 Å². The molecule has 0 atom stereocenters. The highest BCUT2D eigenvalue weighted by Crippen LogP contribution is 2.29. The zero-order chi connectivity index (χ0) is 20.1. The summed E-state index contributed by atoms with van der Waals surface area (Å²) in [5.74, 6) is 1.45. The Labute approximate surface area is 184 Å². The van der Waals surface area contributed by atoms with E-state index < -0.39 is 0 Å². The normalized spacial score (nSPS) is 11.2. The smallest absolute Gasteiger partial charge is 0.196 e. The van der Waals surface area contributed by atoms with E-state index in [4.69, 9.17) is 23.2 Å². The average molecular weight is 438 g/mol. The van der Waals surface area contributed by atoms with Crippen molar-refractivity contribution in [1.29, 1.82) is 0 Å². The molecule has 0 fully saturated rings. The second-order valence-electron chi connectivity index (χ2n) is 6.28. The SMILES string of the molecule is Clc1ccc(-n2c(/C=C/c3ccccc3)nnc2SCc2ccccc2Cl)cc1. The van der Waals surface area contributed by atoms with Gasteiger partial charge >= 0.3 is 0 Å². The topological polar surface area (TPSA) is 30.7 Å². The summed E-state index contributed by atoms with van der Waals surface area (Å²) in [6, 6.07) is 25.6. The Morgan fingerprint density at radius 1 is 0.793 bits per heavy atom. The lowest BCUT2D eigenvalue weighted by Crippen LogP contribution is -1.99. The molecule has 4 rings (SSSR count). The highest BCUT2D eigenvalue weighted by Gasteiger charge is 2.13. The highest BCUT2D eigenvalue weighted by molar-refractivity contribution is 7.98. The molecule has 0 bridgehead atoms. The maximum absolute atomic E-state index is 6.31. The maximum atomic E-state index is 6.31. The summed E-state index contributed by atoms with van der Waals surface area (Å²) in [7, 11) is 0. The summed E-state index contributed by atoms with van der Waals surface area (Å²) >= 11 is 14.0. The van der Waals surface area contributed by atoms with Gasteiger partial charge in [0.2, 0.25) is 0 Å². The third kappa shape index (κ3) is 4.91. The summed E-state index contributed by atoms with van der Waals surface area (Å²) in [6.45, 7) is 0. The molecule has 0 amide bonds. The van der Waals surface area contributed by atoms with Crippen LogP contribution in [0.2, 0.25) is 10.0 Å². The van der Waals surface area contributed by atoms with Gasteiger partial charge in [-0.2, -0.15) is 0 Å². The van der Waals surface area contributed by atoms with Gasteiger partial charge in [0.1, 0.15) is 0 Å². The van der Waals surface area contributed by atoms with Crippen LogP contribution in [0, 0.1) is 0 Å². The Morgan fingerprint density at radius 2 is 1.52 bits per heavy atom. The van der Waals surface area contributed by atoms with Crippen LogP contribution in [0.5, 0.6) is 0 Å². The van der Waals surface area contributed by atoms with Crippen LogP contribution in [0.4, 0.5) is 0 Å².